The highest BCUT2D eigenvalue weighted by molar-refractivity contribution is 14.1. The molecule has 0 aliphatic carbocycles. The lowest BCUT2D eigenvalue weighted by Crippen LogP contribution is -2.33. The van der Waals surface area contributed by atoms with Crippen LogP contribution in [0.4, 0.5) is 4.39 Å². The molecular weight excluding hydrogens is 400 g/mol. The predicted octanol–water partition coefficient (Wildman–Crippen LogP) is 3.72. The monoisotopic (exact) mass is 413 g/mol. The minimum absolute atomic E-state index is 0.126. The van der Waals surface area contributed by atoms with E-state index in [0.29, 0.717) is 9.13 Å². The van der Waals surface area contributed by atoms with Gasteiger partial charge in [0, 0.05) is 14.9 Å². The Morgan fingerprint density at radius 2 is 2.29 bits per heavy atom. The van der Waals surface area contributed by atoms with E-state index in [0.717, 1.165) is 18.2 Å². The number of alkyl halides is 1. The predicted molar refractivity (Wildman–Crippen MR) is 79.1 cm³/mol. The van der Waals surface area contributed by atoms with E-state index in [4.69, 9.17) is 0 Å². The summed E-state index contributed by atoms with van der Waals surface area (Å²) in [6.07, 6.45) is 1.94. The number of amides is 1. The van der Waals surface area contributed by atoms with Crippen LogP contribution < -0.4 is 5.32 Å². The number of rotatable bonds is 5. The fraction of sp³-hybridized carbons (Fsp3) is 0.417. The number of nitrogens with one attached hydrogen (secondary N) is 1. The Morgan fingerprint density at radius 1 is 1.59 bits per heavy atom. The third kappa shape index (κ3) is 4.91. The lowest BCUT2D eigenvalue weighted by Gasteiger charge is -2.13. The van der Waals surface area contributed by atoms with E-state index < -0.39 is 0 Å². The summed E-state index contributed by atoms with van der Waals surface area (Å²) in [5, 5.41) is 3.84. The highest BCUT2D eigenvalue weighted by Crippen LogP contribution is 2.14. The number of hydrogen-bond donors (Lipinski definition) is 1. The van der Waals surface area contributed by atoms with Gasteiger partial charge in [-0.05, 0) is 60.6 Å². The zero-order valence-electron chi connectivity index (χ0n) is 9.47. The SMILES string of the molecule is CC(CCCBr)NC(=O)c1ccc(F)cc1I. The van der Waals surface area contributed by atoms with Gasteiger partial charge in [-0.2, -0.15) is 0 Å². The van der Waals surface area contributed by atoms with E-state index in [1.807, 2.05) is 29.5 Å². The summed E-state index contributed by atoms with van der Waals surface area (Å²) < 4.78 is 13.5. The van der Waals surface area contributed by atoms with Crippen LogP contribution in [-0.2, 0) is 0 Å². The summed E-state index contributed by atoms with van der Waals surface area (Å²) >= 11 is 5.32. The molecule has 5 heteroatoms. The van der Waals surface area contributed by atoms with Gasteiger partial charge >= 0.3 is 0 Å². The Labute approximate surface area is 123 Å². The van der Waals surface area contributed by atoms with Crippen molar-refractivity contribution in [2.24, 2.45) is 0 Å². The molecule has 1 rings (SSSR count). The topological polar surface area (TPSA) is 29.1 Å². The molecular formula is C12H14BrFINO. The summed E-state index contributed by atoms with van der Waals surface area (Å²) in [6.45, 7) is 1.97. The van der Waals surface area contributed by atoms with Crippen LogP contribution in [0.3, 0.4) is 0 Å². The largest absolute Gasteiger partial charge is 0.350 e. The van der Waals surface area contributed by atoms with E-state index in [1.54, 1.807) is 0 Å². The minimum atomic E-state index is -0.321. The summed E-state index contributed by atoms with van der Waals surface area (Å²) in [5.74, 6) is -0.463. The quantitative estimate of drug-likeness (QED) is 0.578. The molecule has 2 nitrogen and oxygen atoms in total. The third-order valence-corrected chi connectivity index (χ3v) is 3.78. The molecule has 17 heavy (non-hydrogen) atoms. The van der Waals surface area contributed by atoms with Gasteiger partial charge in [-0.15, -0.1) is 0 Å². The lowest BCUT2D eigenvalue weighted by molar-refractivity contribution is 0.0937. The molecule has 1 unspecified atom stereocenters. The maximum atomic E-state index is 12.9. The van der Waals surface area contributed by atoms with E-state index in [2.05, 4.69) is 21.2 Å². The van der Waals surface area contributed by atoms with Crippen molar-refractivity contribution in [3.05, 3.63) is 33.1 Å². The van der Waals surface area contributed by atoms with E-state index in [1.165, 1.54) is 18.2 Å². The zero-order chi connectivity index (χ0) is 12.8. The normalized spacial score (nSPS) is 12.2. The molecule has 0 aliphatic rings. The first-order valence-corrected chi connectivity index (χ1v) is 7.56. The molecule has 94 valence electrons. The van der Waals surface area contributed by atoms with Crippen molar-refractivity contribution in [2.45, 2.75) is 25.8 Å². The fourth-order valence-electron chi connectivity index (χ4n) is 1.43. The minimum Gasteiger partial charge on any atom is -0.350 e. The summed E-state index contributed by atoms with van der Waals surface area (Å²) in [4.78, 5) is 11.9. The Morgan fingerprint density at radius 3 is 2.88 bits per heavy atom. The molecule has 0 saturated heterocycles. The van der Waals surface area contributed by atoms with Crippen LogP contribution >= 0.6 is 38.5 Å². The van der Waals surface area contributed by atoms with Crippen molar-refractivity contribution in [2.75, 3.05) is 5.33 Å². The van der Waals surface area contributed by atoms with Crippen molar-refractivity contribution in [3.63, 3.8) is 0 Å². The van der Waals surface area contributed by atoms with Gasteiger partial charge in [0.1, 0.15) is 5.82 Å². The van der Waals surface area contributed by atoms with Gasteiger partial charge in [0.05, 0.1) is 5.56 Å². The van der Waals surface area contributed by atoms with Crippen molar-refractivity contribution in [1.29, 1.82) is 0 Å². The molecule has 0 fully saturated rings. The second-order valence-electron chi connectivity index (χ2n) is 3.83. The van der Waals surface area contributed by atoms with Crippen LogP contribution in [0.5, 0.6) is 0 Å². The standard InChI is InChI=1S/C12H14BrFINO/c1-8(3-2-6-13)16-12(17)10-5-4-9(14)7-11(10)15/h4-5,7-8H,2-3,6H2,1H3,(H,16,17). The van der Waals surface area contributed by atoms with Gasteiger partial charge in [-0.3, -0.25) is 4.79 Å². The van der Waals surface area contributed by atoms with Gasteiger partial charge in [0.25, 0.3) is 5.91 Å². The summed E-state index contributed by atoms with van der Waals surface area (Å²) in [7, 11) is 0. The second-order valence-corrected chi connectivity index (χ2v) is 5.79. The first-order valence-electron chi connectivity index (χ1n) is 5.36. The average Bonchev–Trinajstić information content (AvgIpc) is 2.26. The van der Waals surface area contributed by atoms with Crippen LogP contribution in [0, 0.1) is 9.39 Å². The van der Waals surface area contributed by atoms with Crippen LogP contribution in [-0.4, -0.2) is 17.3 Å². The van der Waals surface area contributed by atoms with Gasteiger partial charge in [0.2, 0.25) is 0 Å². The van der Waals surface area contributed by atoms with Gasteiger partial charge in [0.15, 0.2) is 0 Å². The maximum absolute atomic E-state index is 12.9. The Bertz CT molecular complexity index is 400. The molecule has 0 saturated carbocycles. The lowest BCUT2D eigenvalue weighted by atomic mass is 10.1. The molecule has 0 aliphatic heterocycles. The van der Waals surface area contributed by atoms with Crippen LogP contribution in [0.15, 0.2) is 18.2 Å². The van der Waals surface area contributed by atoms with E-state index >= 15 is 0 Å². The second kappa shape index (κ2) is 7.31. The highest BCUT2D eigenvalue weighted by atomic mass is 127. The number of benzene rings is 1. The molecule has 0 spiro atoms. The fourth-order valence-corrected chi connectivity index (χ4v) is 2.48. The highest BCUT2D eigenvalue weighted by Gasteiger charge is 2.12. The first-order chi connectivity index (χ1) is 8.04. The molecule has 0 radical (unpaired) electrons. The van der Waals surface area contributed by atoms with E-state index in [9.17, 15) is 9.18 Å². The number of carbonyl (C=O) groups is 1. The number of carbonyl (C=O) groups excluding carboxylic acids is 1. The Balaban J connectivity index is 2.63. The molecule has 0 aromatic heterocycles. The van der Waals surface area contributed by atoms with Crippen molar-refractivity contribution in [1.82, 2.24) is 5.32 Å². The Hall–Kier alpha value is -0.170. The van der Waals surface area contributed by atoms with E-state index in [-0.39, 0.29) is 17.8 Å². The molecule has 0 bridgehead atoms. The first kappa shape index (κ1) is 14.9. The van der Waals surface area contributed by atoms with Crippen LogP contribution in [0.2, 0.25) is 0 Å². The molecule has 1 aromatic rings. The van der Waals surface area contributed by atoms with Crippen molar-refractivity contribution in [3.8, 4) is 0 Å². The maximum Gasteiger partial charge on any atom is 0.252 e. The molecule has 1 amide bonds. The molecule has 1 aromatic carbocycles. The summed E-state index contributed by atoms with van der Waals surface area (Å²) in [5.41, 5.74) is 0.526. The van der Waals surface area contributed by atoms with Gasteiger partial charge in [-0.25, -0.2) is 4.39 Å². The van der Waals surface area contributed by atoms with Crippen molar-refractivity contribution < 1.29 is 9.18 Å². The Kier molecular flexibility index (Phi) is 6.40. The third-order valence-electron chi connectivity index (χ3n) is 2.32. The molecule has 1 atom stereocenters. The average molecular weight is 414 g/mol. The smallest absolute Gasteiger partial charge is 0.252 e. The molecule has 0 heterocycles. The van der Waals surface area contributed by atoms with Crippen LogP contribution in [0.1, 0.15) is 30.1 Å². The molecule has 1 N–H and O–H groups in total. The van der Waals surface area contributed by atoms with Gasteiger partial charge < -0.3 is 5.32 Å². The van der Waals surface area contributed by atoms with Crippen molar-refractivity contribution >= 4 is 44.4 Å². The van der Waals surface area contributed by atoms with Crippen LogP contribution in [0.25, 0.3) is 0 Å². The summed E-state index contributed by atoms with van der Waals surface area (Å²) in [6, 6.07) is 4.31. The van der Waals surface area contributed by atoms with Gasteiger partial charge in [-0.1, -0.05) is 15.9 Å². The number of hydrogen-bond acceptors (Lipinski definition) is 1. The zero-order valence-corrected chi connectivity index (χ0v) is 13.2. The number of halogens is 3.